The Bertz CT molecular complexity index is 436. The van der Waals surface area contributed by atoms with Gasteiger partial charge in [-0.05, 0) is 6.42 Å². The molecular weight excluding hydrogens is 280 g/mol. The first-order valence-electron chi connectivity index (χ1n) is 4.54. The number of benzene rings is 1. The second kappa shape index (κ2) is 5.02. The predicted molar refractivity (Wildman–Crippen MR) is 61.7 cm³/mol. The van der Waals surface area contributed by atoms with Crippen LogP contribution in [0.1, 0.15) is 23.7 Å². The molecule has 0 aliphatic rings. The zero-order valence-corrected chi connectivity index (χ0v) is 10.0. The third kappa shape index (κ3) is 2.35. The highest BCUT2D eigenvalue weighted by Gasteiger charge is 2.30. The Morgan fingerprint density at radius 2 is 1.94 bits per heavy atom. The number of rotatable bonds is 4. The zero-order valence-electron chi connectivity index (χ0n) is 8.42. The number of hydrogen-bond donors (Lipinski definition) is 0. The lowest BCUT2D eigenvalue weighted by molar-refractivity contribution is -0.423. The fraction of sp³-hybridized carbons (Fsp3) is 0.333. The molecule has 1 unspecified atom stereocenters. The number of alkyl halides is 1. The first-order valence-corrected chi connectivity index (χ1v) is 5.46. The Kier molecular flexibility index (Phi) is 3.94. The number of nitrogens with zero attached hydrogens (tertiary/aromatic N) is 2. The molecule has 0 aromatic heterocycles. The van der Waals surface area contributed by atoms with Gasteiger partial charge in [-0.25, -0.2) is 0 Å². The van der Waals surface area contributed by atoms with Crippen LogP contribution in [0, 0.1) is 20.2 Å². The summed E-state index contributed by atoms with van der Waals surface area (Å²) in [5, 5.41) is 21.5. The third-order valence-corrected chi connectivity index (χ3v) is 3.26. The van der Waals surface area contributed by atoms with Crippen molar-refractivity contribution in [3.05, 3.63) is 44.0 Å². The molecule has 7 heteroatoms. The molecule has 0 radical (unpaired) electrons. The Morgan fingerprint density at radius 1 is 1.31 bits per heavy atom. The topological polar surface area (TPSA) is 86.3 Å². The van der Waals surface area contributed by atoms with Gasteiger partial charge < -0.3 is 0 Å². The Labute approximate surface area is 99.7 Å². The van der Waals surface area contributed by atoms with Crippen molar-refractivity contribution >= 4 is 27.3 Å². The van der Waals surface area contributed by atoms with E-state index in [9.17, 15) is 20.2 Å². The minimum absolute atomic E-state index is 0.257. The molecule has 0 heterocycles. The van der Waals surface area contributed by atoms with Crippen molar-refractivity contribution in [2.45, 2.75) is 18.2 Å². The van der Waals surface area contributed by atoms with Gasteiger partial charge in [0, 0.05) is 10.9 Å². The first kappa shape index (κ1) is 12.6. The van der Waals surface area contributed by atoms with E-state index < -0.39 is 21.2 Å². The van der Waals surface area contributed by atoms with Crippen molar-refractivity contribution in [3.63, 3.8) is 0 Å². The van der Waals surface area contributed by atoms with E-state index in [1.165, 1.54) is 12.1 Å². The summed E-state index contributed by atoms with van der Waals surface area (Å²) in [5.41, 5.74) is -0.571. The van der Waals surface area contributed by atoms with Crippen LogP contribution in [-0.2, 0) is 0 Å². The van der Waals surface area contributed by atoms with Crippen LogP contribution in [0.25, 0.3) is 0 Å². The monoisotopic (exact) mass is 288 g/mol. The van der Waals surface area contributed by atoms with E-state index in [-0.39, 0.29) is 4.83 Å². The van der Waals surface area contributed by atoms with Crippen molar-refractivity contribution in [1.29, 1.82) is 0 Å². The lowest BCUT2D eigenvalue weighted by atomic mass is 10.1. The van der Waals surface area contributed by atoms with E-state index in [1.807, 2.05) is 6.92 Å². The molecule has 0 saturated heterocycles. The van der Waals surface area contributed by atoms with Gasteiger partial charge in [0.25, 0.3) is 0 Å². The maximum Gasteiger partial charge on any atom is 0.350 e. The van der Waals surface area contributed by atoms with Crippen molar-refractivity contribution in [1.82, 2.24) is 0 Å². The van der Waals surface area contributed by atoms with E-state index in [0.29, 0.717) is 12.0 Å². The van der Waals surface area contributed by atoms with Gasteiger partial charge in [-0.2, -0.15) is 0 Å². The zero-order chi connectivity index (χ0) is 12.3. The van der Waals surface area contributed by atoms with E-state index in [4.69, 9.17) is 0 Å². The van der Waals surface area contributed by atoms with Crippen molar-refractivity contribution in [2.75, 3.05) is 0 Å². The molecule has 1 aromatic carbocycles. The van der Waals surface area contributed by atoms with Crippen LogP contribution in [0.5, 0.6) is 0 Å². The van der Waals surface area contributed by atoms with Crippen molar-refractivity contribution < 1.29 is 9.85 Å². The molecular formula is C9H9BrN2O4. The number of halogens is 1. The molecule has 86 valence electrons. The van der Waals surface area contributed by atoms with Crippen molar-refractivity contribution in [2.24, 2.45) is 0 Å². The standard InChI is InChI=1S/C9H9BrN2O4/c1-2-7(10)6-4-3-5-8(11(13)14)9(6)12(15)16/h3-5,7H,2H2,1H3. The molecule has 1 aromatic rings. The van der Waals surface area contributed by atoms with Crippen LogP contribution < -0.4 is 0 Å². The second-order valence-electron chi connectivity index (χ2n) is 3.10. The van der Waals surface area contributed by atoms with Gasteiger partial charge in [0.15, 0.2) is 0 Å². The average Bonchev–Trinajstić information content (AvgIpc) is 2.26. The minimum Gasteiger partial charge on any atom is -0.258 e. The highest BCUT2D eigenvalue weighted by molar-refractivity contribution is 9.09. The Morgan fingerprint density at radius 3 is 2.38 bits per heavy atom. The SMILES string of the molecule is CCC(Br)c1cccc([N+](=O)[O-])c1[N+](=O)[O-]. The maximum absolute atomic E-state index is 10.8. The first-order chi connectivity index (χ1) is 7.49. The quantitative estimate of drug-likeness (QED) is 0.483. The van der Waals surface area contributed by atoms with Gasteiger partial charge in [-0.15, -0.1) is 0 Å². The van der Waals surface area contributed by atoms with E-state index in [0.717, 1.165) is 6.07 Å². The Hall–Kier alpha value is -1.50. The number of nitro benzene ring substituents is 2. The highest BCUT2D eigenvalue weighted by Crippen LogP contribution is 2.38. The summed E-state index contributed by atoms with van der Waals surface area (Å²) in [6, 6.07) is 4.11. The summed E-state index contributed by atoms with van der Waals surface area (Å²) >= 11 is 3.26. The van der Waals surface area contributed by atoms with Crippen molar-refractivity contribution in [3.8, 4) is 0 Å². The summed E-state index contributed by atoms with van der Waals surface area (Å²) in [6.07, 6.45) is 0.613. The van der Waals surface area contributed by atoms with Gasteiger partial charge in [-0.3, -0.25) is 20.2 Å². The molecule has 0 saturated carbocycles. The fourth-order valence-corrected chi connectivity index (χ4v) is 1.74. The third-order valence-electron chi connectivity index (χ3n) is 2.12. The predicted octanol–water partition coefficient (Wildman–Crippen LogP) is 3.35. The molecule has 0 aliphatic carbocycles. The highest BCUT2D eigenvalue weighted by atomic mass is 79.9. The largest absolute Gasteiger partial charge is 0.350 e. The molecule has 0 aliphatic heterocycles. The molecule has 0 fully saturated rings. The van der Waals surface area contributed by atoms with Crippen LogP contribution in [0.4, 0.5) is 11.4 Å². The number of para-hydroxylation sites is 1. The molecule has 6 nitrogen and oxygen atoms in total. The fourth-order valence-electron chi connectivity index (χ4n) is 1.37. The lowest BCUT2D eigenvalue weighted by Gasteiger charge is -2.07. The number of nitro groups is 2. The summed E-state index contributed by atoms with van der Waals surface area (Å²) < 4.78 is 0. The molecule has 1 atom stereocenters. The summed E-state index contributed by atoms with van der Waals surface area (Å²) in [7, 11) is 0. The molecule has 0 amide bonds. The second-order valence-corrected chi connectivity index (χ2v) is 4.21. The lowest BCUT2D eigenvalue weighted by Crippen LogP contribution is -2.02. The molecule has 1 rings (SSSR count). The average molecular weight is 289 g/mol. The van der Waals surface area contributed by atoms with E-state index in [2.05, 4.69) is 15.9 Å². The van der Waals surface area contributed by atoms with Gasteiger partial charge in [0.1, 0.15) is 0 Å². The maximum atomic E-state index is 10.8. The van der Waals surface area contributed by atoms with E-state index in [1.54, 1.807) is 0 Å². The molecule has 0 spiro atoms. The van der Waals surface area contributed by atoms with Gasteiger partial charge in [-0.1, -0.05) is 35.0 Å². The Balaban J connectivity index is 3.44. The van der Waals surface area contributed by atoms with Crippen LogP contribution >= 0.6 is 15.9 Å². The summed E-state index contributed by atoms with van der Waals surface area (Å²) in [4.78, 5) is 19.8. The minimum atomic E-state index is -0.739. The molecule has 16 heavy (non-hydrogen) atoms. The van der Waals surface area contributed by atoms with Crippen LogP contribution in [0.2, 0.25) is 0 Å². The molecule has 0 N–H and O–H groups in total. The number of hydrogen-bond acceptors (Lipinski definition) is 4. The van der Waals surface area contributed by atoms with Gasteiger partial charge >= 0.3 is 11.4 Å². The summed E-state index contributed by atoms with van der Waals surface area (Å²) in [6.45, 7) is 1.84. The van der Waals surface area contributed by atoms with Crippen LogP contribution in [-0.4, -0.2) is 9.85 Å². The molecule has 0 bridgehead atoms. The smallest absolute Gasteiger partial charge is 0.258 e. The van der Waals surface area contributed by atoms with Gasteiger partial charge in [0.2, 0.25) is 0 Å². The van der Waals surface area contributed by atoms with Gasteiger partial charge in [0.05, 0.1) is 15.4 Å². The summed E-state index contributed by atoms with van der Waals surface area (Å²) in [5.74, 6) is 0. The van der Waals surface area contributed by atoms with Crippen LogP contribution in [0.3, 0.4) is 0 Å². The normalized spacial score (nSPS) is 12.1. The van der Waals surface area contributed by atoms with E-state index >= 15 is 0 Å². The van der Waals surface area contributed by atoms with Crippen LogP contribution in [0.15, 0.2) is 18.2 Å².